The van der Waals surface area contributed by atoms with E-state index in [1.54, 1.807) is 6.07 Å². The second kappa shape index (κ2) is 9.72. The number of rotatable bonds is 9. The first-order valence-electron chi connectivity index (χ1n) is 9.14. The summed E-state index contributed by atoms with van der Waals surface area (Å²) < 4.78 is 43.2. The van der Waals surface area contributed by atoms with Gasteiger partial charge in [0.2, 0.25) is 10.0 Å². The Bertz CT molecular complexity index is 919. The van der Waals surface area contributed by atoms with E-state index < -0.39 is 10.0 Å². The van der Waals surface area contributed by atoms with Crippen molar-refractivity contribution < 1.29 is 22.6 Å². The number of hydrogen-bond acceptors (Lipinski definition) is 9. The number of ether oxygens (including phenoxy) is 3. The zero-order chi connectivity index (χ0) is 20.7. The fraction of sp³-hybridized carbons (Fsp3) is 0.444. The molecule has 10 nitrogen and oxygen atoms in total. The van der Waals surface area contributed by atoms with Gasteiger partial charge in [-0.2, -0.15) is 0 Å². The number of anilines is 2. The molecule has 1 aromatic heterocycles. The standard InChI is InChI=1S/C18H25N5O5S/c1-26-15-4-3-14(11-16(15)27-2)29(24,25)22-6-5-19-17-12-18(21-13-20-17)23-7-9-28-10-8-23/h3-4,11-13,22H,5-10H2,1-2H3,(H,19,20,21). The number of sulfonamides is 1. The van der Waals surface area contributed by atoms with Crippen molar-refractivity contribution in [2.75, 3.05) is 63.8 Å². The average Bonchev–Trinajstić information content (AvgIpc) is 2.77. The van der Waals surface area contributed by atoms with Gasteiger partial charge in [0.25, 0.3) is 0 Å². The van der Waals surface area contributed by atoms with Crippen molar-refractivity contribution in [2.45, 2.75) is 4.90 Å². The van der Waals surface area contributed by atoms with Crippen molar-refractivity contribution in [3.8, 4) is 11.5 Å². The second-order valence-electron chi connectivity index (χ2n) is 6.20. The highest BCUT2D eigenvalue weighted by Crippen LogP contribution is 2.29. The fourth-order valence-electron chi connectivity index (χ4n) is 2.85. The van der Waals surface area contributed by atoms with Crippen LogP contribution in [0.25, 0.3) is 0 Å². The van der Waals surface area contributed by atoms with Crippen LogP contribution in [0.15, 0.2) is 35.5 Å². The van der Waals surface area contributed by atoms with Gasteiger partial charge in [-0.25, -0.2) is 23.1 Å². The Morgan fingerprint density at radius 1 is 1.07 bits per heavy atom. The van der Waals surface area contributed by atoms with Gasteiger partial charge in [0.05, 0.1) is 32.3 Å². The Kier molecular flexibility index (Phi) is 7.07. The molecule has 2 heterocycles. The van der Waals surface area contributed by atoms with E-state index in [0.717, 1.165) is 18.9 Å². The van der Waals surface area contributed by atoms with Gasteiger partial charge in [-0.05, 0) is 12.1 Å². The van der Waals surface area contributed by atoms with Crippen LogP contribution >= 0.6 is 0 Å². The maximum absolute atomic E-state index is 12.5. The van der Waals surface area contributed by atoms with Crippen LogP contribution in [0.3, 0.4) is 0 Å². The molecule has 1 aliphatic rings. The molecule has 1 aliphatic heterocycles. The van der Waals surface area contributed by atoms with Crippen LogP contribution in [-0.2, 0) is 14.8 Å². The second-order valence-corrected chi connectivity index (χ2v) is 7.97. The smallest absolute Gasteiger partial charge is 0.240 e. The SMILES string of the molecule is COc1ccc(S(=O)(=O)NCCNc2cc(N3CCOCC3)ncn2)cc1OC. The highest BCUT2D eigenvalue weighted by atomic mass is 32.2. The lowest BCUT2D eigenvalue weighted by molar-refractivity contribution is 0.122. The van der Waals surface area contributed by atoms with Gasteiger partial charge >= 0.3 is 0 Å². The normalized spacial score (nSPS) is 14.5. The molecule has 0 amide bonds. The van der Waals surface area contributed by atoms with E-state index in [1.165, 1.54) is 32.7 Å². The molecule has 29 heavy (non-hydrogen) atoms. The molecule has 0 unspecified atom stereocenters. The monoisotopic (exact) mass is 423 g/mol. The molecule has 1 aromatic carbocycles. The predicted molar refractivity (Wildman–Crippen MR) is 108 cm³/mol. The number of morpholine rings is 1. The van der Waals surface area contributed by atoms with E-state index in [2.05, 4.69) is 24.9 Å². The number of hydrogen-bond donors (Lipinski definition) is 2. The third-order valence-corrected chi connectivity index (χ3v) is 5.83. The summed E-state index contributed by atoms with van der Waals surface area (Å²) in [7, 11) is -0.728. The third kappa shape index (κ3) is 5.46. The first kappa shape index (κ1) is 21.1. The van der Waals surface area contributed by atoms with Crippen molar-refractivity contribution in [1.29, 1.82) is 0 Å². The Balaban J connectivity index is 1.54. The van der Waals surface area contributed by atoms with Crippen LogP contribution in [0.2, 0.25) is 0 Å². The zero-order valence-corrected chi connectivity index (χ0v) is 17.2. The summed E-state index contributed by atoms with van der Waals surface area (Å²) in [4.78, 5) is 10.7. The highest BCUT2D eigenvalue weighted by molar-refractivity contribution is 7.89. The minimum atomic E-state index is -3.68. The van der Waals surface area contributed by atoms with Crippen molar-refractivity contribution in [2.24, 2.45) is 0 Å². The summed E-state index contributed by atoms with van der Waals surface area (Å²) in [6.45, 7) is 3.46. The van der Waals surface area contributed by atoms with Gasteiger partial charge in [-0.3, -0.25) is 0 Å². The third-order valence-electron chi connectivity index (χ3n) is 4.38. The highest BCUT2D eigenvalue weighted by Gasteiger charge is 2.17. The molecule has 11 heteroatoms. The van der Waals surface area contributed by atoms with Crippen LogP contribution < -0.4 is 24.4 Å². The van der Waals surface area contributed by atoms with Crippen LogP contribution in [-0.4, -0.2) is 72.0 Å². The largest absolute Gasteiger partial charge is 0.493 e. The molecule has 2 aromatic rings. The topological polar surface area (TPSA) is 115 Å². The molecule has 0 bridgehead atoms. The van der Waals surface area contributed by atoms with E-state index in [4.69, 9.17) is 14.2 Å². The average molecular weight is 423 g/mol. The number of benzene rings is 1. The van der Waals surface area contributed by atoms with Crippen molar-refractivity contribution in [3.63, 3.8) is 0 Å². The quantitative estimate of drug-likeness (QED) is 0.563. The molecule has 2 N–H and O–H groups in total. The van der Waals surface area contributed by atoms with E-state index in [-0.39, 0.29) is 11.4 Å². The Labute approximate surface area is 170 Å². The molecular weight excluding hydrogens is 398 g/mol. The summed E-state index contributed by atoms with van der Waals surface area (Å²) in [6.07, 6.45) is 1.49. The van der Waals surface area contributed by atoms with Gasteiger partial charge in [0, 0.05) is 38.3 Å². The first-order chi connectivity index (χ1) is 14.0. The number of nitrogens with one attached hydrogen (secondary N) is 2. The summed E-state index contributed by atoms with van der Waals surface area (Å²) in [5.74, 6) is 2.27. The van der Waals surface area contributed by atoms with Crippen LogP contribution in [0, 0.1) is 0 Å². The molecule has 1 fully saturated rings. The fourth-order valence-corrected chi connectivity index (χ4v) is 3.90. The van der Waals surface area contributed by atoms with E-state index in [9.17, 15) is 8.42 Å². The maximum atomic E-state index is 12.5. The molecule has 0 radical (unpaired) electrons. The molecule has 3 rings (SSSR count). The molecule has 0 spiro atoms. The van der Waals surface area contributed by atoms with Gasteiger partial charge in [-0.1, -0.05) is 0 Å². The number of nitrogens with zero attached hydrogens (tertiary/aromatic N) is 3. The zero-order valence-electron chi connectivity index (χ0n) is 16.4. The number of aromatic nitrogens is 2. The minimum absolute atomic E-state index is 0.104. The molecule has 0 atom stereocenters. The van der Waals surface area contributed by atoms with Gasteiger partial charge < -0.3 is 24.4 Å². The Hall–Kier alpha value is -2.63. The summed E-state index contributed by atoms with van der Waals surface area (Å²) in [5.41, 5.74) is 0. The van der Waals surface area contributed by atoms with Crippen molar-refractivity contribution in [1.82, 2.24) is 14.7 Å². The predicted octanol–water partition coefficient (Wildman–Crippen LogP) is 0.721. The van der Waals surface area contributed by atoms with Crippen LogP contribution in [0.5, 0.6) is 11.5 Å². The lowest BCUT2D eigenvalue weighted by Crippen LogP contribution is -2.36. The summed E-state index contributed by atoms with van der Waals surface area (Å²) in [5, 5.41) is 3.11. The van der Waals surface area contributed by atoms with Gasteiger partial charge in [-0.15, -0.1) is 0 Å². The maximum Gasteiger partial charge on any atom is 0.240 e. The molecule has 0 aliphatic carbocycles. The Morgan fingerprint density at radius 3 is 2.55 bits per heavy atom. The van der Waals surface area contributed by atoms with Gasteiger partial charge in [0.1, 0.15) is 18.0 Å². The van der Waals surface area contributed by atoms with Crippen LogP contribution in [0.4, 0.5) is 11.6 Å². The molecule has 158 valence electrons. The van der Waals surface area contributed by atoms with E-state index in [1.807, 2.05) is 6.07 Å². The van der Waals surface area contributed by atoms with E-state index >= 15 is 0 Å². The van der Waals surface area contributed by atoms with Crippen LogP contribution in [0.1, 0.15) is 0 Å². The first-order valence-corrected chi connectivity index (χ1v) is 10.6. The lowest BCUT2D eigenvalue weighted by atomic mass is 10.3. The minimum Gasteiger partial charge on any atom is -0.493 e. The number of methoxy groups -OCH3 is 2. The summed E-state index contributed by atoms with van der Waals surface area (Å²) >= 11 is 0. The molecule has 1 saturated heterocycles. The van der Waals surface area contributed by atoms with Crippen molar-refractivity contribution >= 4 is 21.7 Å². The van der Waals surface area contributed by atoms with E-state index in [0.29, 0.717) is 37.1 Å². The van der Waals surface area contributed by atoms with Gasteiger partial charge in [0.15, 0.2) is 11.5 Å². The molecular formula is C18H25N5O5S. The Morgan fingerprint density at radius 2 is 1.83 bits per heavy atom. The lowest BCUT2D eigenvalue weighted by Gasteiger charge is -2.27. The van der Waals surface area contributed by atoms with Crippen molar-refractivity contribution in [3.05, 3.63) is 30.6 Å². The molecule has 0 saturated carbocycles. The summed E-state index contributed by atoms with van der Waals surface area (Å²) in [6, 6.07) is 6.29.